The molecule has 0 saturated carbocycles. The lowest BCUT2D eigenvalue weighted by Crippen LogP contribution is -2.45. The molecule has 0 saturated heterocycles. The third kappa shape index (κ3) is 7.66. The number of nitrogens with zero attached hydrogens (tertiary/aromatic N) is 4. The average molecular weight is 499 g/mol. The number of imidazole rings is 1. The van der Waals surface area contributed by atoms with Crippen LogP contribution in [0.5, 0.6) is 0 Å². The summed E-state index contributed by atoms with van der Waals surface area (Å²) in [4.78, 5) is 36.8. The van der Waals surface area contributed by atoms with Crippen LogP contribution in [0.4, 0.5) is 5.82 Å². The molecule has 2 aromatic heterocycles. The summed E-state index contributed by atoms with van der Waals surface area (Å²) in [6.07, 6.45) is 0.786. The van der Waals surface area contributed by atoms with Crippen LogP contribution < -0.4 is 10.8 Å². The van der Waals surface area contributed by atoms with Gasteiger partial charge in [-0.05, 0) is 46.1 Å². The molecule has 0 fully saturated rings. The molecule has 2 heterocycles. The fourth-order valence-electron chi connectivity index (χ4n) is 2.79. The minimum atomic E-state index is -2.63. The molecule has 0 spiro atoms. The van der Waals surface area contributed by atoms with E-state index in [9.17, 15) is 14.2 Å². The molecule has 0 aliphatic heterocycles. The summed E-state index contributed by atoms with van der Waals surface area (Å²) < 4.78 is 35.6. The smallest absolute Gasteiger partial charge is 0.465 e. The third-order valence-electron chi connectivity index (χ3n) is 4.41. The van der Waals surface area contributed by atoms with Gasteiger partial charge in [0.2, 0.25) is 6.10 Å². The van der Waals surface area contributed by atoms with Crippen molar-refractivity contribution in [1.29, 1.82) is 0 Å². The van der Waals surface area contributed by atoms with Gasteiger partial charge in [-0.1, -0.05) is 5.09 Å². The Balaban J connectivity index is 2.03. The Labute approximate surface area is 198 Å². The molecule has 2 aromatic rings. The molecule has 0 aliphatic rings. The van der Waals surface area contributed by atoms with E-state index >= 15 is 0 Å². The number of nitrogens with one attached hydrogen (secondary N) is 1. The van der Waals surface area contributed by atoms with Gasteiger partial charge in [-0.3, -0.25) is 0 Å². The molecule has 3 unspecified atom stereocenters. The van der Waals surface area contributed by atoms with Crippen molar-refractivity contribution in [1.82, 2.24) is 24.6 Å². The van der Waals surface area contributed by atoms with Crippen molar-refractivity contribution in [2.45, 2.75) is 71.9 Å². The zero-order chi connectivity index (χ0) is 25.5. The normalized spacial score (nSPS) is 14.1. The summed E-state index contributed by atoms with van der Waals surface area (Å²) in [5, 5.41) is 2.54. The average Bonchev–Trinajstić information content (AvgIpc) is 3.14. The maximum absolute atomic E-state index is 12.6. The molecule has 13 nitrogen and oxygen atoms in total. The van der Waals surface area contributed by atoms with Crippen molar-refractivity contribution in [3.05, 3.63) is 12.7 Å². The number of nitrogen functional groups attached to an aromatic ring is 1. The first-order chi connectivity index (χ1) is 15.9. The van der Waals surface area contributed by atoms with Crippen molar-refractivity contribution in [3.63, 3.8) is 0 Å². The van der Waals surface area contributed by atoms with Gasteiger partial charge in [0.05, 0.1) is 38.3 Å². The van der Waals surface area contributed by atoms with Crippen LogP contribution in [0.15, 0.2) is 12.7 Å². The maximum Gasteiger partial charge on any atom is 0.615 e. The van der Waals surface area contributed by atoms with Crippen LogP contribution in [0, 0.1) is 0 Å². The molecule has 3 N–H and O–H groups in total. The summed E-state index contributed by atoms with van der Waals surface area (Å²) in [5.74, 6) is -1.08. The summed E-state index contributed by atoms with van der Waals surface area (Å²) in [6, 6.07) is 0. The molecule has 14 heteroatoms. The van der Waals surface area contributed by atoms with E-state index < -0.39 is 44.0 Å². The summed E-state index contributed by atoms with van der Waals surface area (Å²) in [5.41, 5.74) is 5.53. The first kappa shape index (κ1) is 27.5. The second-order valence-corrected chi connectivity index (χ2v) is 9.21. The van der Waals surface area contributed by atoms with E-state index in [-0.39, 0.29) is 19.0 Å². The molecule has 0 radical (unpaired) electrons. The molecule has 188 valence electrons. The van der Waals surface area contributed by atoms with Gasteiger partial charge >= 0.3 is 20.1 Å². The van der Waals surface area contributed by atoms with Crippen molar-refractivity contribution in [3.8, 4) is 0 Å². The van der Waals surface area contributed by atoms with E-state index in [1.54, 1.807) is 38.6 Å². The molecule has 0 aliphatic carbocycles. The number of nitrogens with two attached hydrogens (primary N) is 1. The Bertz CT molecular complexity index is 1010. The van der Waals surface area contributed by atoms with Crippen LogP contribution in [0.2, 0.25) is 0 Å². The van der Waals surface area contributed by atoms with Gasteiger partial charge < -0.3 is 24.5 Å². The summed E-state index contributed by atoms with van der Waals surface area (Å²) in [6.45, 7) is 10.1. The lowest BCUT2D eigenvalue weighted by Gasteiger charge is -2.19. The van der Waals surface area contributed by atoms with Gasteiger partial charge in [0.1, 0.15) is 11.8 Å². The van der Waals surface area contributed by atoms with Gasteiger partial charge in [-0.25, -0.2) is 24.5 Å². The molecule has 3 atom stereocenters. The Hall–Kier alpha value is -2.73. The highest BCUT2D eigenvalue weighted by atomic mass is 31.1. The third-order valence-corrected chi connectivity index (χ3v) is 5.60. The molecule has 2 rings (SSSR count). The maximum atomic E-state index is 12.6. The van der Waals surface area contributed by atoms with Crippen molar-refractivity contribution < 1.29 is 32.9 Å². The van der Waals surface area contributed by atoms with E-state index in [4.69, 9.17) is 24.5 Å². The van der Waals surface area contributed by atoms with Gasteiger partial charge in [0.25, 0.3) is 0 Å². The van der Waals surface area contributed by atoms with E-state index in [1.165, 1.54) is 20.2 Å². The summed E-state index contributed by atoms with van der Waals surface area (Å²) in [7, 11) is -2.63. The zero-order valence-corrected chi connectivity index (χ0v) is 21.1. The molecular formula is C20H32N6O7P+. The number of ether oxygens (including phenoxy) is 3. The molecule has 34 heavy (non-hydrogen) atoms. The lowest BCUT2D eigenvalue weighted by atomic mass is 10.1. The number of hydrogen-bond acceptors (Lipinski definition) is 11. The predicted molar refractivity (Wildman–Crippen MR) is 123 cm³/mol. The number of fused-ring (bicyclic) bond motifs is 1. The number of esters is 2. The van der Waals surface area contributed by atoms with Crippen molar-refractivity contribution in [2.24, 2.45) is 0 Å². The van der Waals surface area contributed by atoms with E-state index in [1.807, 2.05) is 0 Å². The highest BCUT2D eigenvalue weighted by molar-refractivity contribution is 7.36. The second kappa shape index (κ2) is 12.1. The number of rotatable bonds is 13. The van der Waals surface area contributed by atoms with E-state index in [0.29, 0.717) is 17.7 Å². The number of aromatic nitrogens is 4. The first-order valence-corrected chi connectivity index (χ1v) is 11.9. The molecular weight excluding hydrogens is 467 g/mol. The van der Waals surface area contributed by atoms with Gasteiger partial charge in [-0.2, -0.15) is 0 Å². The Morgan fingerprint density at radius 1 is 1.24 bits per heavy atom. The molecule has 0 aromatic carbocycles. The Morgan fingerprint density at radius 3 is 2.59 bits per heavy atom. The van der Waals surface area contributed by atoms with E-state index in [0.717, 1.165) is 0 Å². The van der Waals surface area contributed by atoms with Crippen molar-refractivity contribution >= 4 is 37.1 Å². The predicted octanol–water partition coefficient (Wildman–Crippen LogP) is 1.74. The standard InChI is InChI=1S/C20H32N6O7P/c1-7-30-19(28)20(5,6)25-34(29)33-14(18(27)32-12(2)3)9-31-13(4)8-26-11-24-15-16(21)22-10-23-17(15)26/h10-14H,7-9H2,1-6H3,(H,25,29)(H2,21,22,23)/q+1. The van der Waals surface area contributed by atoms with Crippen LogP contribution >= 0.6 is 8.18 Å². The number of carbonyl (C=O) groups is 2. The van der Waals surface area contributed by atoms with E-state index in [2.05, 4.69) is 20.0 Å². The quantitative estimate of drug-likeness (QED) is 0.303. The number of hydrogen-bond donors (Lipinski definition) is 2. The van der Waals surface area contributed by atoms with Crippen LogP contribution in [-0.2, 0) is 39.4 Å². The highest BCUT2D eigenvalue weighted by Crippen LogP contribution is 2.26. The minimum absolute atomic E-state index is 0.168. The van der Waals surface area contributed by atoms with Crippen LogP contribution in [0.1, 0.15) is 41.5 Å². The zero-order valence-electron chi connectivity index (χ0n) is 20.2. The second-order valence-electron chi connectivity index (χ2n) is 8.27. The largest absolute Gasteiger partial charge is 0.615 e. The Kier molecular flexibility index (Phi) is 9.80. The molecule has 0 amide bonds. The van der Waals surface area contributed by atoms with Crippen LogP contribution in [0.25, 0.3) is 11.2 Å². The monoisotopic (exact) mass is 499 g/mol. The van der Waals surface area contributed by atoms with Gasteiger partial charge in [0, 0.05) is 0 Å². The van der Waals surface area contributed by atoms with Crippen molar-refractivity contribution in [2.75, 3.05) is 18.9 Å². The molecule has 0 bridgehead atoms. The number of carbonyl (C=O) groups excluding carboxylic acids is 2. The van der Waals surface area contributed by atoms with Crippen LogP contribution in [-0.4, -0.2) is 68.5 Å². The summed E-state index contributed by atoms with van der Waals surface area (Å²) >= 11 is 0. The van der Waals surface area contributed by atoms with Gasteiger partial charge in [-0.15, -0.1) is 4.52 Å². The minimum Gasteiger partial charge on any atom is -0.465 e. The SMILES string of the molecule is CCOC(=O)C(C)(C)N[P+](=O)OC(COC(C)Cn1cnc2c(N)ncnc21)C(=O)OC(C)C. The number of anilines is 1. The Morgan fingerprint density at radius 2 is 1.94 bits per heavy atom. The lowest BCUT2D eigenvalue weighted by molar-refractivity contribution is -0.159. The van der Waals surface area contributed by atoms with Crippen LogP contribution in [0.3, 0.4) is 0 Å². The van der Waals surface area contributed by atoms with Gasteiger partial charge in [0.15, 0.2) is 17.0 Å². The highest BCUT2D eigenvalue weighted by Gasteiger charge is 2.42. The fraction of sp³-hybridized carbons (Fsp3) is 0.650. The fourth-order valence-corrected chi connectivity index (χ4v) is 3.77. The first-order valence-electron chi connectivity index (χ1n) is 10.8. The topological polar surface area (TPSA) is 170 Å².